The third-order valence-electron chi connectivity index (χ3n) is 2.72. The molecule has 1 aromatic heterocycles. The normalized spacial score (nSPS) is 10.3. The molecular weight excluding hydrogens is 230 g/mol. The molecule has 6 heteroatoms. The van der Waals surface area contributed by atoms with Crippen LogP contribution in [0, 0.1) is 0 Å². The highest BCUT2D eigenvalue weighted by Gasteiger charge is 2.06. The Bertz CT molecular complexity index is 576. The van der Waals surface area contributed by atoms with Crippen molar-refractivity contribution in [2.24, 2.45) is 12.8 Å². The molecule has 18 heavy (non-hydrogen) atoms. The van der Waals surface area contributed by atoms with Crippen LogP contribution < -0.4 is 16.8 Å². The highest BCUT2D eigenvalue weighted by Crippen LogP contribution is 2.20. The lowest BCUT2D eigenvalue weighted by atomic mass is 10.1. The first-order valence-corrected chi connectivity index (χ1v) is 5.48. The SMILES string of the molecule is Cn1nccc1CNc1cc(C(N)=O)ccc1N. The van der Waals surface area contributed by atoms with Crippen molar-refractivity contribution in [2.45, 2.75) is 6.54 Å². The van der Waals surface area contributed by atoms with E-state index in [2.05, 4.69) is 10.4 Å². The van der Waals surface area contributed by atoms with Crippen LogP contribution in [0.3, 0.4) is 0 Å². The van der Waals surface area contributed by atoms with Crippen molar-refractivity contribution in [2.75, 3.05) is 11.1 Å². The number of aromatic nitrogens is 2. The zero-order chi connectivity index (χ0) is 13.1. The number of primary amides is 1. The number of nitrogen functional groups attached to an aromatic ring is 1. The average molecular weight is 245 g/mol. The number of nitrogens with zero attached hydrogens (tertiary/aromatic N) is 2. The maximum Gasteiger partial charge on any atom is 0.248 e. The van der Waals surface area contributed by atoms with Gasteiger partial charge >= 0.3 is 0 Å². The summed E-state index contributed by atoms with van der Waals surface area (Å²) in [4.78, 5) is 11.1. The Morgan fingerprint density at radius 3 is 2.83 bits per heavy atom. The van der Waals surface area contributed by atoms with Gasteiger partial charge in [0.05, 0.1) is 23.6 Å². The molecule has 0 aliphatic carbocycles. The second-order valence-corrected chi connectivity index (χ2v) is 3.97. The Morgan fingerprint density at radius 1 is 1.44 bits per heavy atom. The van der Waals surface area contributed by atoms with Crippen molar-refractivity contribution in [1.29, 1.82) is 0 Å². The van der Waals surface area contributed by atoms with E-state index in [0.29, 0.717) is 23.5 Å². The molecule has 1 aromatic carbocycles. The molecule has 1 heterocycles. The fourth-order valence-electron chi connectivity index (χ4n) is 1.62. The van der Waals surface area contributed by atoms with Gasteiger partial charge < -0.3 is 16.8 Å². The highest BCUT2D eigenvalue weighted by molar-refractivity contribution is 5.94. The predicted molar refractivity (Wildman–Crippen MR) is 69.9 cm³/mol. The molecule has 5 N–H and O–H groups in total. The van der Waals surface area contributed by atoms with Crippen LogP contribution >= 0.6 is 0 Å². The van der Waals surface area contributed by atoms with Gasteiger partial charge in [0.25, 0.3) is 0 Å². The van der Waals surface area contributed by atoms with E-state index in [9.17, 15) is 4.79 Å². The Kier molecular flexibility index (Phi) is 3.18. The number of aryl methyl sites for hydroxylation is 1. The van der Waals surface area contributed by atoms with Gasteiger partial charge in [-0.15, -0.1) is 0 Å². The largest absolute Gasteiger partial charge is 0.397 e. The highest BCUT2D eigenvalue weighted by atomic mass is 16.1. The zero-order valence-electron chi connectivity index (χ0n) is 10.1. The van der Waals surface area contributed by atoms with Crippen LogP contribution in [0.25, 0.3) is 0 Å². The van der Waals surface area contributed by atoms with Gasteiger partial charge in [0.15, 0.2) is 0 Å². The van der Waals surface area contributed by atoms with Crippen molar-refractivity contribution in [3.8, 4) is 0 Å². The van der Waals surface area contributed by atoms with Gasteiger partial charge in [-0.1, -0.05) is 0 Å². The molecule has 0 bridgehead atoms. The van der Waals surface area contributed by atoms with E-state index in [4.69, 9.17) is 11.5 Å². The van der Waals surface area contributed by atoms with E-state index < -0.39 is 5.91 Å². The summed E-state index contributed by atoms with van der Waals surface area (Å²) in [7, 11) is 1.86. The van der Waals surface area contributed by atoms with Crippen LogP contribution in [0.4, 0.5) is 11.4 Å². The van der Waals surface area contributed by atoms with Crippen molar-refractivity contribution in [3.63, 3.8) is 0 Å². The average Bonchev–Trinajstić information content (AvgIpc) is 2.73. The Labute approximate surface area is 105 Å². The van der Waals surface area contributed by atoms with Gasteiger partial charge in [0.2, 0.25) is 5.91 Å². The van der Waals surface area contributed by atoms with E-state index in [-0.39, 0.29) is 0 Å². The molecule has 0 fully saturated rings. The molecule has 0 atom stereocenters. The molecule has 0 aliphatic rings. The molecular formula is C12H15N5O. The van der Waals surface area contributed by atoms with Crippen LogP contribution in [-0.2, 0) is 13.6 Å². The number of carbonyl (C=O) groups excluding carboxylic acids is 1. The monoisotopic (exact) mass is 245 g/mol. The van der Waals surface area contributed by atoms with Crippen LogP contribution in [-0.4, -0.2) is 15.7 Å². The number of nitrogens with two attached hydrogens (primary N) is 2. The number of hydrogen-bond donors (Lipinski definition) is 3. The van der Waals surface area contributed by atoms with Crippen LogP contribution in [0.2, 0.25) is 0 Å². The van der Waals surface area contributed by atoms with Gasteiger partial charge in [0.1, 0.15) is 0 Å². The summed E-state index contributed by atoms with van der Waals surface area (Å²) in [6, 6.07) is 6.81. The first-order chi connectivity index (χ1) is 8.58. The summed E-state index contributed by atoms with van der Waals surface area (Å²) in [6.45, 7) is 0.572. The molecule has 0 spiro atoms. The number of benzene rings is 1. The van der Waals surface area contributed by atoms with E-state index in [1.54, 1.807) is 29.1 Å². The lowest BCUT2D eigenvalue weighted by Gasteiger charge is -2.10. The first kappa shape index (κ1) is 12.0. The predicted octanol–water partition coefficient (Wildman–Crippen LogP) is 0.713. The van der Waals surface area contributed by atoms with Gasteiger partial charge in [0, 0.05) is 18.8 Å². The molecule has 6 nitrogen and oxygen atoms in total. The van der Waals surface area contributed by atoms with Crippen molar-refractivity contribution < 1.29 is 4.79 Å². The number of hydrogen-bond acceptors (Lipinski definition) is 4. The van der Waals surface area contributed by atoms with Crippen LogP contribution in [0.1, 0.15) is 16.1 Å². The van der Waals surface area contributed by atoms with Crippen molar-refractivity contribution in [1.82, 2.24) is 9.78 Å². The van der Waals surface area contributed by atoms with Crippen LogP contribution in [0.15, 0.2) is 30.5 Å². The maximum absolute atomic E-state index is 11.1. The van der Waals surface area contributed by atoms with E-state index in [1.165, 1.54) is 0 Å². The summed E-state index contributed by atoms with van der Waals surface area (Å²) in [6.07, 6.45) is 1.72. The Morgan fingerprint density at radius 2 is 2.22 bits per heavy atom. The van der Waals surface area contributed by atoms with Gasteiger partial charge in [-0.25, -0.2) is 0 Å². The topological polar surface area (TPSA) is 99.0 Å². The summed E-state index contributed by atoms with van der Waals surface area (Å²) >= 11 is 0. The van der Waals surface area contributed by atoms with Gasteiger partial charge in [-0.3, -0.25) is 9.48 Å². The minimum atomic E-state index is -0.474. The minimum absolute atomic E-state index is 0.428. The van der Waals surface area contributed by atoms with Gasteiger partial charge in [-0.05, 0) is 24.3 Å². The summed E-state index contributed by atoms with van der Waals surface area (Å²) < 4.78 is 1.77. The second-order valence-electron chi connectivity index (χ2n) is 3.97. The molecule has 0 saturated carbocycles. The maximum atomic E-state index is 11.1. The van der Waals surface area contributed by atoms with E-state index in [1.807, 2.05) is 13.1 Å². The molecule has 0 saturated heterocycles. The molecule has 2 rings (SSSR count). The Hall–Kier alpha value is -2.50. The molecule has 2 aromatic rings. The summed E-state index contributed by atoms with van der Waals surface area (Å²) in [5.41, 5.74) is 13.8. The first-order valence-electron chi connectivity index (χ1n) is 5.48. The molecule has 1 amide bonds. The zero-order valence-corrected chi connectivity index (χ0v) is 10.1. The quantitative estimate of drug-likeness (QED) is 0.691. The third-order valence-corrected chi connectivity index (χ3v) is 2.72. The van der Waals surface area contributed by atoms with Gasteiger partial charge in [-0.2, -0.15) is 5.10 Å². The smallest absolute Gasteiger partial charge is 0.248 e. The van der Waals surface area contributed by atoms with E-state index >= 15 is 0 Å². The Balaban J connectivity index is 2.16. The number of amides is 1. The molecule has 0 unspecified atom stereocenters. The van der Waals surface area contributed by atoms with Crippen molar-refractivity contribution in [3.05, 3.63) is 41.7 Å². The van der Waals surface area contributed by atoms with Crippen molar-refractivity contribution >= 4 is 17.3 Å². The summed E-state index contributed by atoms with van der Waals surface area (Å²) in [5, 5.41) is 7.23. The second kappa shape index (κ2) is 4.79. The third kappa shape index (κ3) is 2.42. The fraction of sp³-hybridized carbons (Fsp3) is 0.167. The lowest BCUT2D eigenvalue weighted by Crippen LogP contribution is -2.12. The fourth-order valence-corrected chi connectivity index (χ4v) is 1.62. The van der Waals surface area contributed by atoms with E-state index in [0.717, 1.165) is 5.69 Å². The minimum Gasteiger partial charge on any atom is -0.397 e. The number of nitrogens with one attached hydrogen (secondary N) is 1. The van der Waals surface area contributed by atoms with Crippen LogP contribution in [0.5, 0.6) is 0 Å². The number of carbonyl (C=O) groups is 1. The molecule has 0 aliphatic heterocycles. The molecule has 0 radical (unpaired) electrons. The standard InChI is InChI=1S/C12H15N5O/c1-17-9(4-5-16-17)7-15-11-6-8(12(14)18)2-3-10(11)13/h2-6,15H,7,13H2,1H3,(H2,14,18). The molecule has 94 valence electrons. The number of rotatable bonds is 4. The number of anilines is 2. The lowest BCUT2D eigenvalue weighted by molar-refractivity contribution is 0.100. The summed E-state index contributed by atoms with van der Waals surface area (Å²) in [5.74, 6) is -0.474.